The SMILES string of the molecule is Cc1ccc(Oc2nc3nc(-c4ccc5cn[nH]c5c4)c(Cl)cc3[nH]2)cc1C(=O)O. The monoisotopic (exact) mass is 419 g/mol. The van der Waals surface area contributed by atoms with Crippen LogP contribution in [0.25, 0.3) is 33.3 Å². The van der Waals surface area contributed by atoms with Crippen LogP contribution >= 0.6 is 11.6 Å². The molecule has 3 aromatic heterocycles. The average molecular weight is 420 g/mol. The highest BCUT2D eigenvalue weighted by atomic mass is 35.5. The molecule has 148 valence electrons. The molecule has 0 atom stereocenters. The van der Waals surface area contributed by atoms with Gasteiger partial charge < -0.3 is 14.8 Å². The van der Waals surface area contributed by atoms with Gasteiger partial charge in [0.25, 0.3) is 0 Å². The number of rotatable bonds is 4. The fourth-order valence-electron chi connectivity index (χ4n) is 3.24. The minimum atomic E-state index is -1.02. The minimum absolute atomic E-state index is 0.168. The number of halogens is 1. The molecule has 0 saturated heterocycles. The van der Waals surface area contributed by atoms with Crippen molar-refractivity contribution in [1.82, 2.24) is 25.1 Å². The van der Waals surface area contributed by atoms with E-state index in [1.54, 1.807) is 31.3 Å². The number of nitrogens with one attached hydrogen (secondary N) is 2. The molecule has 9 heteroatoms. The molecule has 0 aliphatic rings. The second-order valence-corrected chi connectivity index (χ2v) is 7.20. The number of H-pyrrole nitrogens is 2. The van der Waals surface area contributed by atoms with E-state index in [9.17, 15) is 9.90 Å². The third kappa shape index (κ3) is 3.13. The summed E-state index contributed by atoms with van der Waals surface area (Å²) in [6, 6.07) is 12.5. The number of carbonyl (C=O) groups is 1. The number of nitrogens with zero attached hydrogens (tertiary/aromatic N) is 3. The summed E-state index contributed by atoms with van der Waals surface area (Å²) in [5, 5.41) is 17.7. The number of aromatic carboxylic acids is 1. The van der Waals surface area contributed by atoms with Crippen LogP contribution in [-0.2, 0) is 0 Å². The standard InChI is InChI=1S/C21H14ClN5O3/c1-10-2-5-13(7-14(10)20(28)29)30-21-24-17-8-15(22)18(25-19(17)26-21)11-3-4-12-9-23-27-16(12)6-11/h2-9H,1H3,(H,23,27)(H,28,29)(H,24,25,26). The zero-order valence-electron chi connectivity index (χ0n) is 15.6. The molecule has 0 unspecified atom stereocenters. The number of carboxylic acids is 1. The van der Waals surface area contributed by atoms with Crippen molar-refractivity contribution in [2.45, 2.75) is 6.92 Å². The lowest BCUT2D eigenvalue weighted by atomic mass is 10.1. The molecule has 0 aliphatic heterocycles. The lowest BCUT2D eigenvalue weighted by molar-refractivity contribution is 0.0695. The van der Waals surface area contributed by atoms with Gasteiger partial charge in [0, 0.05) is 10.9 Å². The van der Waals surface area contributed by atoms with Gasteiger partial charge in [-0.15, -0.1) is 0 Å². The molecule has 0 fully saturated rings. The number of benzene rings is 2. The first-order valence-electron chi connectivity index (χ1n) is 8.99. The summed E-state index contributed by atoms with van der Waals surface area (Å²) in [5.41, 5.74) is 4.14. The lowest BCUT2D eigenvalue weighted by Gasteiger charge is -2.05. The van der Waals surface area contributed by atoms with Gasteiger partial charge in [0.15, 0.2) is 5.65 Å². The highest BCUT2D eigenvalue weighted by molar-refractivity contribution is 6.33. The maximum atomic E-state index is 11.3. The number of imidazole rings is 1. The predicted molar refractivity (Wildman–Crippen MR) is 112 cm³/mol. The Labute approximate surface area is 174 Å². The van der Waals surface area contributed by atoms with E-state index in [1.807, 2.05) is 18.2 Å². The molecule has 3 N–H and O–H groups in total. The second-order valence-electron chi connectivity index (χ2n) is 6.79. The summed E-state index contributed by atoms with van der Waals surface area (Å²) < 4.78 is 5.72. The Morgan fingerprint density at radius 3 is 2.80 bits per heavy atom. The van der Waals surface area contributed by atoms with E-state index in [1.165, 1.54) is 6.07 Å². The summed E-state index contributed by atoms with van der Waals surface area (Å²) in [6.45, 7) is 1.72. The number of hydrogen-bond acceptors (Lipinski definition) is 5. The van der Waals surface area contributed by atoms with Crippen molar-refractivity contribution in [3.63, 3.8) is 0 Å². The van der Waals surface area contributed by atoms with Crippen LogP contribution < -0.4 is 4.74 Å². The molecule has 2 aromatic carbocycles. The van der Waals surface area contributed by atoms with Gasteiger partial charge in [0.2, 0.25) is 0 Å². The Balaban J connectivity index is 1.52. The van der Waals surface area contributed by atoms with E-state index < -0.39 is 5.97 Å². The Kier molecular flexibility index (Phi) is 4.14. The van der Waals surface area contributed by atoms with Crippen molar-refractivity contribution in [1.29, 1.82) is 0 Å². The molecule has 5 rings (SSSR count). The number of aryl methyl sites for hydroxylation is 1. The number of ether oxygens (including phenoxy) is 1. The minimum Gasteiger partial charge on any atom is -0.478 e. The Morgan fingerprint density at radius 2 is 1.97 bits per heavy atom. The van der Waals surface area contributed by atoms with Gasteiger partial charge in [-0.2, -0.15) is 10.1 Å². The maximum absolute atomic E-state index is 11.3. The molecule has 0 spiro atoms. The third-order valence-electron chi connectivity index (χ3n) is 4.77. The van der Waals surface area contributed by atoms with Crippen LogP contribution in [0.15, 0.2) is 48.7 Å². The zero-order valence-corrected chi connectivity index (χ0v) is 16.4. The van der Waals surface area contributed by atoms with Crippen LogP contribution in [0.1, 0.15) is 15.9 Å². The van der Waals surface area contributed by atoms with Gasteiger partial charge in [-0.25, -0.2) is 9.78 Å². The molecular weight excluding hydrogens is 406 g/mol. The number of carboxylic acid groups (broad SMARTS) is 1. The Morgan fingerprint density at radius 1 is 1.10 bits per heavy atom. The van der Waals surface area contributed by atoms with Crippen LogP contribution in [0.3, 0.4) is 0 Å². The van der Waals surface area contributed by atoms with Gasteiger partial charge in [0.05, 0.1) is 33.5 Å². The van der Waals surface area contributed by atoms with E-state index in [-0.39, 0.29) is 11.6 Å². The number of aromatic amines is 2. The molecule has 0 aliphatic carbocycles. The van der Waals surface area contributed by atoms with Gasteiger partial charge in [-0.05, 0) is 36.8 Å². The molecule has 0 radical (unpaired) electrons. The highest BCUT2D eigenvalue weighted by Crippen LogP contribution is 2.32. The second kappa shape index (κ2) is 6.85. The molecule has 3 heterocycles. The molecule has 5 aromatic rings. The van der Waals surface area contributed by atoms with Crippen LogP contribution in [0.5, 0.6) is 11.8 Å². The summed E-state index contributed by atoms with van der Waals surface area (Å²) >= 11 is 6.46. The van der Waals surface area contributed by atoms with Crippen LogP contribution in [-0.4, -0.2) is 36.2 Å². The van der Waals surface area contributed by atoms with Crippen molar-refractivity contribution < 1.29 is 14.6 Å². The third-order valence-corrected chi connectivity index (χ3v) is 5.06. The van der Waals surface area contributed by atoms with Gasteiger partial charge >= 0.3 is 12.0 Å². The predicted octanol–water partition coefficient (Wildman–Crippen LogP) is 4.95. The van der Waals surface area contributed by atoms with Crippen LogP contribution in [0, 0.1) is 6.92 Å². The number of hydrogen-bond donors (Lipinski definition) is 3. The Bertz CT molecular complexity index is 1440. The van der Waals surface area contributed by atoms with Crippen LogP contribution in [0.2, 0.25) is 5.02 Å². The van der Waals surface area contributed by atoms with Gasteiger partial charge in [-0.1, -0.05) is 29.8 Å². The summed E-state index contributed by atoms with van der Waals surface area (Å²) in [7, 11) is 0. The quantitative estimate of drug-likeness (QED) is 0.379. The summed E-state index contributed by atoms with van der Waals surface area (Å²) in [5.74, 6) is -0.664. The van der Waals surface area contributed by atoms with E-state index in [2.05, 4.69) is 25.1 Å². The van der Waals surface area contributed by atoms with Crippen molar-refractivity contribution >= 4 is 39.6 Å². The van der Waals surface area contributed by atoms with E-state index >= 15 is 0 Å². The molecule has 0 saturated carbocycles. The fraction of sp³-hybridized carbons (Fsp3) is 0.0476. The van der Waals surface area contributed by atoms with E-state index in [4.69, 9.17) is 16.3 Å². The topological polar surface area (TPSA) is 117 Å². The first-order valence-corrected chi connectivity index (χ1v) is 9.37. The highest BCUT2D eigenvalue weighted by Gasteiger charge is 2.14. The molecule has 30 heavy (non-hydrogen) atoms. The molecule has 8 nitrogen and oxygen atoms in total. The summed E-state index contributed by atoms with van der Waals surface area (Å²) in [6.07, 6.45) is 1.75. The Hall–Kier alpha value is -3.91. The van der Waals surface area contributed by atoms with Gasteiger partial charge in [0.1, 0.15) is 5.75 Å². The molecule has 0 amide bonds. The molecule has 0 bridgehead atoms. The zero-order chi connectivity index (χ0) is 20.8. The maximum Gasteiger partial charge on any atom is 0.336 e. The average Bonchev–Trinajstić information content (AvgIpc) is 3.33. The molecular formula is C21H14ClN5O3. The largest absolute Gasteiger partial charge is 0.478 e. The number of fused-ring (bicyclic) bond motifs is 2. The number of pyridine rings is 1. The first-order chi connectivity index (χ1) is 14.5. The summed E-state index contributed by atoms with van der Waals surface area (Å²) in [4.78, 5) is 23.3. The first kappa shape index (κ1) is 18.1. The van der Waals surface area contributed by atoms with Crippen molar-refractivity contribution in [3.8, 4) is 23.0 Å². The normalized spacial score (nSPS) is 11.3. The van der Waals surface area contributed by atoms with E-state index in [0.717, 1.165) is 16.5 Å². The smallest absolute Gasteiger partial charge is 0.336 e. The van der Waals surface area contributed by atoms with Crippen molar-refractivity contribution in [2.75, 3.05) is 0 Å². The lowest BCUT2D eigenvalue weighted by Crippen LogP contribution is -2.00. The van der Waals surface area contributed by atoms with Crippen LogP contribution in [0.4, 0.5) is 0 Å². The number of aromatic nitrogens is 5. The van der Waals surface area contributed by atoms with Gasteiger partial charge in [-0.3, -0.25) is 5.10 Å². The van der Waals surface area contributed by atoms with Crippen molar-refractivity contribution in [2.24, 2.45) is 0 Å². The fourth-order valence-corrected chi connectivity index (χ4v) is 3.50. The van der Waals surface area contributed by atoms with E-state index in [0.29, 0.717) is 33.2 Å². The van der Waals surface area contributed by atoms with Crippen molar-refractivity contribution in [3.05, 3.63) is 64.8 Å².